The van der Waals surface area contributed by atoms with Crippen LogP contribution in [0.5, 0.6) is 0 Å². The molecule has 0 fully saturated rings. The second-order valence-electron chi connectivity index (χ2n) is 24.1. The summed E-state index contributed by atoms with van der Waals surface area (Å²) >= 11 is 0. The smallest absolute Gasteiger partial charge is 0.462 e. The molecule has 5 unspecified atom stereocenters. The molecule has 19 heteroatoms. The van der Waals surface area contributed by atoms with Gasteiger partial charge in [0.1, 0.15) is 19.3 Å². The molecule has 17 nitrogen and oxygen atoms in total. The van der Waals surface area contributed by atoms with Crippen molar-refractivity contribution in [3.05, 3.63) is 97.2 Å². The maximum absolute atomic E-state index is 13.0. The Morgan fingerprint density at radius 2 is 0.574 bits per heavy atom. The van der Waals surface area contributed by atoms with E-state index < -0.39 is 97.5 Å². The highest BCUT2D eigenvalue weighted by Gasteiger charge is 2.30. The molecule has 0 bridgehead atoms. The van der Waals surface area contributed by atoms with Crippen LogP contribution in [0.4, 0.5) is 0 Å². The van der Waals surface area contributed by atoms with Crippen LogP contribution in [0, 0.1) is 0 Å². The van der Waals surface area contributed by atoms with Gasteiger partial charge in [0.25, 0.3) is 0 Å². The standard InChI is InChI=1S/C75H130O17P2/c1-5-9-13-17-21-25-29-32-33-34-35-38-41-44-48-52-56-60-73(78)86-66-71(92-75(80)62-58-54-50-46-42-37-31-27-23-19-15-11-7-3)68-90-94(83,84)88-64-69(76)63-87-93(81,82)89-67-70(91-74(79)61-57-53-49-45-39-28-24-20-16-12-8-4)65-85-72(77)59-55-51-47-43-40-36-30-26-22-18-14-10-6-2/h9,13,20-21,24-27,30-33,35,38,44,48,69-71,76H,5-8,10-12,14-19,22-23,28-29,34,36-37,39-43,45-47,49-68H2,1-4H3,(H,81,82)(H,83,84)/b13-9-,24-20-,25-21-,30-26-,31-27-,33-32-,38-35-,48-44-. The lowest BCUT2D eigenvalue weighted by Crippen LogP contribution is -2.30. The number of phosphoric ester groups is 2. The monoisotopic (exact) mass is 1360 g/mol. The fraction of sp³-hybridized carbons (Fsp3) is 0.733. The topological polar surface area (TPSA) is 237 Å². The van der Waals surface area contributed by atoms with Crippen molar-refractivity contribution in [3.8, 4) is 0 Å². The second kappa shape index (κ2) is 67.5. The summed E-state index contributed by atoms with van der Waals surface area (Å²) in [5.74, 6) is -2.27. The van der Waals surface area contributed by atoms with E-state index in [0.717, 1.165) is 148 Å². The predicted molar refractivity (Wildman–Crippen MR) is 381 cm³/mol. The number of hydrogen-bond donors (Lipinski definition) is 3. The Bertz CT molecular complexity index is 2170. The van der Waals surface area contributed by atoms with Crippen LogP contribution >= 0.6 is 15.6 Å². The minimum Gasteiger partial charge on any atom is -0.462 e. The van der Waals surface area contributed by atoms with E-state index in [4.69, 9.17) is 37.0 Å². The van der Waals surface area contributed by atoms with E-state index in [2.05, 4.69) is 113 Å². The number of esters is 4. The van der Waals surface area contributed by atoms with Gasteiger partial charge >= 0.3 is 39.5 Å². The first kappa shape index (κ1) is 90.0. The Hall–Kier alpha value is -4.02. The maximum Gasteiger partial charge on any atom is 0.472 e. The van der Waals surface area contributed by atoms with Crippen LogP contribution in [-0.4, -0.2) is 96.7 Å². The number of unbranched alkanes of at least 4 members (excludes halogenated alkanes) is 26. The first-order valence-electron chi connectivity index (χ1n) is 36.5. The third-order valence-corrected chi connectivity index (χ3v) is 16.9. The summed E-state index contributed by atoms with van der Waals surface area (Å²) in [4.78, 5) is 72.6. The van der Waals surface area contributed by atoms with Crippen molar-refractivity contribution in [1.82, 2.24) is 0 Å². The Morgan fingerprint density at radius 1 is 0.309 bits per heavy atom. The molecule has 542 valence electrons. The van der Waals surface area contributed by atoms with Gasteiger partial charge in [0.05, 0.1) is 26.4 Å². The fourth-order valence-corrected chi connectivity index (χ4v) is 11.0. The minimum absolute atomic E-state index is 0.0722. The van der Waals surface area contributed by atoms with Crippen LogP contribution in [0.3, 0.4) is 0 Å². The number of aliphatic hydroxyl groups excluding tert-OH is 1. The quantitative estimate of drug-likeness (QED) is 0.0169. The Balaban J connectivity index is 5.37. The van der Waals surface area contributed by atoms with Crippen molar-refractivity contribution in [2.75, 3.05) is 39.6 Å². The molecular formula is C75H130O17P2. The van der Waals surface area contributed by atoms with Gasteiger partial charge in [-0.05, 0) is 135 Å². The lowest BCUT2D eigenvalue weighted by atomic mass is 10.1. The number of ether oxygens (including phenoxy) is 4. The zero-order chi connectivity index (χ0) is 69.0. The highest BCUT2D eigenvalue weighted by atomic mass is 31.2. The number of allylic oxidation sites excluding steroid dienone is 16. The van der Waals surface area contributed by atoms with Gasteiger partial charge in [-0.15, -0.1) is 0 Å². The molecule has 0 radical (unpaired) electrons. The molecule has 0 saturated carbocycles. The van der Waals surface area contributed by atoms with Crippen molar-refractivity contribution in [1.29, 1.82) is 0 Å². The molecule has 0 aromatic rings. The van der Waals surface area contributed by atoms with Crippen molar-refractivity contribution < 1.29 is 80.2 Å². The summed E-state index contributed by atoms with van der Waals surface area (Å²) in [6.45, 7) is 4.59. The van der Waals surface area contributed by atoms with Gasteiger partial charge in [-0.25, -0.2) is 9.13 Å². The van der Waals surface area contributed by atoms with Crippen LogP contribution in [0.15, 0.2) is 97.2 Å². The summed E-state index contributed by atoms with van der Waals surface area (Å²) in [6, 6.07) is 0. The van der Waals surface area contributed by atoms with Crippen molar-refractivity contribution in [2.24, 2.45) is 0 Å². The molecule has 0 aliphatic carbocycles. The summed E-state index contributed by atoms with van der Waals surface area (Å²) in [5, 5.41) is 10.6. The Kier molecular flexibility index (Phi) is 64.7. The van der Waals surface area contributed by atoms with E-state index in [1.807, 2.05) is 12.2 Å². The molecule has 0 aromatic heterocycles. The lowest BCUT2D eigenvalue weighted by Gasteiger charge is -2.21. The number of hydrogen-bond acceptors (Lipinski definition) is 15. The summed E-state index contributed by atoms with van der Waals surface area (Å²) in [5.41, 5.74) is 0. The van der Waals surface area contributed by atoms with Crippen molar-refractivity contribution in [3.63, 3.8) is 0 Å². The lowest BCUT2D eigenvalue weighted by molar-refractivity contribution is -0.161. The number of rotatable bonds is 68. The summed E-state index contributed by atoms with van der Waals surface area (Å²) in [7, 11) is -9.96. The van der Waals surface area contributed by atoms with E-state index in [0.29, 0.717) is 32.1 Å². The molecule has 0 saturated heterocycles. The highest BCUT2D eigenvalue weighted by molar-refractivity contribution is 7.47. The van der Waals surface area contributed by atoms with E-state index >= 15 is 0 Å². The van der Waals surface area contributed by atoms with Crippen LogP contribution < -0.4 is 0 Å². The maximum atomic E-state index is 13.0. The molecule has 0 aromatic carbocycles. The third-order valence-electron chi connectivity index (χ3n) is 15.0. The molecule has 0 aliphatic rings. The largest absolute Gasteiger partial charge is 0.472 e. The first-order chi connectivity index (χ1) is 45.7. The van der Waals surface area contributed by atoms with Gasteiger partial charge in [0.2, 0.25) is 0 Å². The van der Waals surface area contributed by atoms with Gasteiger partial charge in [-0.1, -0.05) is 234 Å². The SMILES string of the molecule is CC/C=C\C/C=C\C/C=C\C/C=C\C/C=C\CCCC(=O)OCC(COP(=O)(O)OCC(O)COP(=O)(O)OCC(COC(=O)CCCCCCC/C=C\CCCCCC)OC(=O)CCCCCCC/C=C\CCCC)OC(=O)CCCCCCC/C=C\CCCCCC. The summed E-state index contributed by atoms with van der Waals surface area (Å²) < 4.78 is 68.2. The number of carbonyl (C=O) groups excluding carboxylic acids is 4. The highest BCUT2D eigenvalue weighted by Crippen LogP contribution is 2.45. The second-order valence-corrected chi connectivity index (χ2v) is 27.0. The summed E-state index contributed by atoms with van der Waals surface area (Å²) in [6.07, 6.45) is 68.5. The van der Waals surface area contributed by atoms with Gasteiger partial charge in [-0.3, -0.25) is 37.3 Å². The van der Waals surface area contributed by atoms with Crippen molar-refractivity contribution >= 4 is 39.5 Å². The molecule has 0 heterocycles. The van der Waals surface area contributed by atoms with Gasteiger partial charge < -0.3 is 33.8 Å². The van der Waals surface area contributed by atoms with Crippen LogP contribution in [0.25, 0.3) is 0 Å². The molecule has 5 atom stereocenters. The van der Waals surface area contributed by atoms with Crippen LogP contribution in [-0.2, 0) is 65.4 Å². The van der Waals surface area contributed by atoms with E-state index in [1.54, 1.807) is 0 Å². The zero-order valence-corrected chi connectivity index (χ0v) is 60.7. The van der Waals surface area contributed by atoms with Gasteiger partial charge in [0.15, 0.2) is 12.2 Å². The van der Waals surface area contributed by atoms with Crippen molar-refractivity contribution in [2.45, 2.75) is 316 Å². The molecule has 94 heavy (non-hydrogen) atoms. The molecular weight excluding hydrogens is 1230 g/mol. The van der Waals surface area contributed by atoms with Gasteiger partial charge in [-0.2, -0.15) is 0 Å². The van der Waals surface area contributed by atoms with Crippen LogP contribution in [0.1, 0.15) is 297 Å². The predicted octanol–water partition coefficient (Wildman–Crippen LogP) is 20.4. The Labute approximate surface area is 569 Å². The van der Waals surface area contributed by atoms with E-state index in [-0.39, 0.29) is 25.7 Å². The number of phosphoric acid groups is 2. The number of aliphatic hydroxyl groups is 1. The van der Waals surface area contributed by atoms with E-state index in [9.17, 15) is 43.2 Å². The molecule has 0 aliphatic heterocycles. The minimum atomic E-state index is -4.98. The van der Waals surface area contributed by atoms with E-state index in [1.165, 1.54) is 64.2 Å². The average Bonchev–Trinajstić information content (AvgIpc) is 2.15. The van der Waals surface area contributed by atoms with Gasteiger partial charge in [0, 0.05) is 25.7 Å². The zero-order valence-electron chi connectivity index (χ0n) is 58.9. The normalized spacial score (nSPS) is 14.6. The Morgan fingerprint density at radius 3 is 0.936 bits per heavy atom. The average molecular weight is 1370 g/mol. The first-order valence-corrected chi connectivity index (χ1v) is 39.5. The third kappa shape index (κ3) is 66.6. The molecule has 0 spiro atoms. The van der Waals surface area contributed by atoms with Crippen LogP contribution in [0.2, 0.25) is 0 Å². The number of carbonyl (C=O) groups is 4. The molecule has 3 N–H and O–H groups in total. The fourth-order valence-electron chi connectivity index (χ4n) is 9.40. The molecule has 0 amide bonds. The molecule has 0 rings (SSSR count).